The first kappa shape index (κ1) is 39.0. The molecule has 1 aliphatic carbocycles. The van der Waals surface area contributed by atoms with Gasteiger partial charge in [0.2, 0.25) is 23.4 Å². The number of rotatable bonds is 10. The van der Waals surface area contributed by atoms with Crippen LogP contribution in [-0.4, -0.2) is 86.8 Å². The number of aromatic nitrogens is 3. The predicted octanol–water partition coefficient (Wildman–Crippen LogP) is 5.99. The molecule has 0 saturated carbocycles. The average Bonchev–Trinajstić information content (AvgIpc) is 4.01. The van der Waals surface area contributed by atoms with Crippen LogP contribution in [0.3, 0.4) is 0 Å². The maximum absolute atomic E-state index is 14.5. The van der Waals surface area contributed by atoms with Gasteiger partial charge >= 0.3 is 6.18 Å². The van der Waals surface area contributed by atoms with Gasteiger partial charge in [0, 0.05) is 69.6 Å². The Morgan fingerprint density at radius 2 is 1.86 bits per heavy atom. The fraction of sp³-hybridized carbons (Fsp3) is 0.405. The van der Waals surface area contributed by atoms with E-state index in [0.29, 0.717) is 84.7 Å². The van der Waals surface area contributed by atoms with Crippen LogP contribution in [0.1, 0.15) is 59.9 Å². The van der Waals surface area contributed by atoms with Gasteiger partial charge < -0.3 is 28.9 Å². The number of nitrogens with one attached hydrogen (secondary N) is 2. The molecule has 3 aliphatic heterocycles. The summed E-state index contributed by atoms with van der Waals surface area (Å²) < 4.78 is 62.8. The zero-order valence-electron chi connectivity index (χ0n) is 32.0. The maximum Gasteiger partial charge on any atom is 0.438 e. The largest absolute Gasteiger partial charge is 0.480 e. The number of furan rings is 1. The number of pyridine rings is 1. The number of likely N-dealkylation sites (tertiary alicyclic amines) is 2. The molecule has 0 bridgehead atoms. The first-order valence-corrected chi connectivity index (χ1v) is 19.9. The normalized spacial score (nSPS) is 20.2. The molecule has 2 aromatic carbocycles. The number of aliphatic hydroxyl groups is 1. The van der Waals surface area contributed by atoms with Gasteiger partial charge in [0.15, 0.2) is 5.58 Å². The fourth-order valence-electron chi connectivity index (χ4n) is 9.01. The minimum absolute atomic E-state index is 0.00814. The lowest BCUT2D eigenvalue weighted by molar-refractivity contribution is -0.143. The number of aliphatic hydroxyl groups excluding tert-OH is 1. The molecule has 0 unspecified atom stereocenters. The van der Waals surface area contributed by atoms with E-state index in [1.807, 2.05) is 24.3 Å². The summed E-state index contributed by atoms with van der Waals surface area (Å²) in [6.07, 6.45) is -1.79. The highest BCUT2D eigenvalue weighted by molar-refractivity contribution is 6.36. The van der Waals surface area contributed by atoms with Crippen molar-refractivity contribution in [3.05, 3.63) is 87.2 Å². The molecule has 3 fully saturated rings. The number of ether oxygens (including phenoxy) is 2. The number of nitrogens with zero attached hydrogens (tertiary/aromatic N) is 6. The van der Waals surface area contributed by atoms with Crippen LogP contribution in [0.25, 0.3) is 33.4 Å². The summed E-state index contributed by atoms with van der Waals surface area (Å²) in [4.78, 5) is 23.9. The van der Waals surface area contributed by atoms with Crippen LogP contribution in [0, 0.1) is 16.7 Å². The predicted molar refractivity (Wildman–Crippen MR) is 208 cm³/mol. The average molecular weight is 829 g/mol. The van der Waals surface area contributed by atoms with Gasteiger partial charge in [-0.3, -0.25) is 20.0 Å². The molecule has 306 valence electrons. The van der Waals surface area contributed by atoms with Crippen LogP contribution in [0.15, 0.2) is 53.1 Å². The Labute approximate surface area is 341 Å². The quantitative estimate of drug-likeness (QED) is 0.152. The van der Waals surface area contributed by atoms with Crippen LogP contribution in [-0.2, 0) is 30.5 Å². The number of fused-ring (bicyclic) bond motifs is 2. The number of carbonyl (C=O) groups is 1. The van der Waals surface area contributed by atoms with Crippen molar-refractivity contribution in [2.75, 3.05) is 39.8 Å². The van der Waals surface area contributed by atoms with Crippen LogP contribution < -0.4 is 20.3 Å². The molecule has 2 atom stereocenters. The number of alkyl halides is 3. The third-order valence-corrected chi connectivity index (χ3v) is 12.3. The summed E-state index contributed by atoms with van der Waals surface area (Å²) in [5, 5.41) is 32.9. The first-order valence-electron chi connectivity index (χ1n) is 19.5. The smallest absolute Gasteiger partial charge is 0.438 e. The van der Waals surface area contributed by atoms with Gasteiger partial charge in [-0.25, -0.2) is 4.98 Å². The van der Waals surface area contributed by atoms with E-state index in [9.17, 15) is 28.3 Å². The van der Waals surface area contributed by atoms with Gasteiger partial charge in [-0.15, -0.1) is 0 Å². The number of hydrogen-bond acceptors (Lipinski definition) is 11. The van der Waals surface area contributed by atoms with E-state index in [2.05, 4.69) is 26.3 Å². The Kier molecular flexibility index (Phi) is 9.90. The Hall–Kier alpha value is -5.47. The maximum atomic E-state index is 14.5. The van der Waals surface area contributed by atoms with Gasteiger partial charge in [-0.05, 0) is 54.5 Å². The number of hydrogen-bond donors (Lipinski definition) is 3. The molecule has 13 nitrogen and oxygen atoms in total. The van der Waals surface area contributed by atoms with Crippen molar-refractivity contribution in [1.82, 2.24) is 29.7 Å². The first-order chi connectivity index (χ1) is 28.3. The Morgan fingerprint density at radius 1 is 1.08 bits per heavy atom. The standard InChI is InChI=1S/C42H40ClF3N8O5/c1-57-39-31(20-52-13-11-24(55)19-52)49-37(42(44,45)46)40(50-39)59-32-9-8-26-25(4-2-5-27(26)32)28-6-3-7-29(35(28)43)33-16-30-36(58-33)23(17-47)18-54(38(30)48)15-14-53-21-41(22-53)12-10-34(56)51-41/h2-7,16,18,24,32,48,55H,8-15,19-22H2,1H3,(H,51,56)/t24-,32+/m1/s1. The number of amides is 1. The minimum atomic E-state index is -4.86. The summed E-state index contributed by atoms with van der Waals surface area (Å²) in [5.74, 6) is -0.290. The third-order valence-electron chi connectivity index (χ3n) is 11.9. The molecular weight excluding hydrogens is 789 g/mol. The number of β-amino-alcohol motifs (C(OH)–C–C–N with tert-alkyl or cyclic N) is 1. The Balaban J connectivity index is 0.983. The summed E-state index contributed by atoms with van der Waals surface area (Å²) in [7, 11) is 1.32. The SMILES string of the molecule is COc1nc(O[C@H]2CCc3c(-c4cccc(-c5cc6c(=N)n(CCN7CC8(CCC(=O)N8)C7)cc(C#N)c6o5)c4Cl)cccc32)c(C(F)(F)F)nc1CN1CC[C@@H](O)C1. The van der Waals surface area contributed by atoms with Crippen molar-refractivity contribution >= 4 is 28.5 Å². The second-order valence-corrected chi connectivity index (χ2v) is 16.2. The van der Waals surface area contributed by atoms with Crippen LogP contribution in [0.5, 0.6) is 11.8 Å². The van der Waals surface area contributed by atoms with E-state index in [1.54, 1.807) is 33.9 Å². The van der Waals surface area contributed by atoms with Crippen molar-refractivity contribution < 1.29 is 37.0 Å². The zero-order valence-corrected chi connectivity index (χ0v) is 32.8. The van der Waals surface area contributed by atoms with E-state index < -0.39 is 30.0 Å². The molecule has 3 N–H and O–H groups in total. The number of nitriles is 1. The van der Waals surface area contributed by atoms with E-state index in [4.69, 9.17) is 30.9 Å². The molecule has 1 spiro atoms. The van der Waals surface area contributed by atoms with Crippen molar-refractivity contribution in [3.8, 4) is 40.3 Å². The second kappa shape index (κ2) is 15.0. The molecule has 5 aromatic rings. The molecule has 4 aliphatic rings. The molecule has 17 heteroatoms. The second-order valence-electron chi connectivity index (χ2n) is 15.8. The number of benzene rings is 2. The minimum Gasteiger partial charge on any atom is -0.480 e. The van der Waals surface area contributed by atoms with Crippen molar-refractivity contribution in [2.24, 2.45) is 0 Å². The molecular formula is C42H40ClF3N8O5. The third kappa shape index (κ3) is 7.20. The van der Waals surface area contributed by atoms with E-state index in [-0.39, 0.29) is 46.2 Å². The van der Waals surface area contributed by atoms with Crippen molar-refractivity contribution in [3.63, 3.8) is 0 Å². The Bertz CT molecular complexity index is 2600. The molecule has 3 saturated heterocycles. The fourth-order valence-corrected chi connectivity index (χ4v) is 9.34. The van der Waals surface area contributed by atoms with Gasteiger partial charge in [0.05, 0.1) is 29.2 Å². The van der Waals surface area contributed by atoms with Gasteiger partial charge in [-0.2, -0.15) is 23.4 Å². The van der Waals surface area contributed by atoms with Crippen LogP contribution in [0.2, 0.25) is 5.02 Å². The van der Waals surface area contributed by atoms with Crippen molar-refractivity contribution in [1.29, 1.82) is 10.7 Å². The molecule has 6 heterocycles. The Morgan fingerprint density at radius 3 is 2.58 bits per heavy atom. The van der Waals surface area contributed by atoms with Crippen molar-refractivity contribution in [2.45, 2.75) is 69.1 Å². The summed E-state index contributed by atoms with van der Waals surface area (Å²) in [6.45, 7) is 3.50. The monoisotopic (exact) mass is 828 g/mol. The lowest BCUT2D eigenvalue weighted by Crippen LogP contribution is -2.67. The van der Waals surface area contributed by atoms with E-state index in [0.717, 1.165) is 30.6 Å². The molecule has 3 aromatic heterocycles. The topological polar surface area (TPSA) is 166 Å². The molecule has 59 heavy (non-hydrogen) atoms. The highest BCUT2D eigenvalue weighted by Crippen LogP contribution is 2.46. The van der Waals surface area contributed by atoms with Gasteiger partial charge in [0.25, 0.3) is 0 Å². The highest BCUT2D eigenvalue weighted by Gasteiger charge is 2.47. The molecule has 0 radical (unpaired) electrons. The number of halogens is 4. The summed E-state index contributed by atoms with van der Waals surface area (Å²) >= 11 is 7.16. The van der Waals surface area contributed by atoms with E-state index in [1.165, 1.54) is 7.11 Å². The zero-order chi connectivity index (χ0) is 41.2. The van der Waals surface area contributed by atoms with Crippen LogP contribution >= 0.6 is 11.6 Å². The number of methoxy groups -OCH3 is 1. The van der Waals surface area contributed by atoms with Gasteiger partial charge in [0.1, 0.15) is 34.7 Å². The lowest BCUT2D eigenvalue weighted by Gasteiger charge is -2.48. The van der Waals surface area contributed by atoms with E-state index >= 15 is 0 Å². The van der Waals surface area contributed by atoms with Crippen LogP contribution in [0.4, 0.5) is 13.2 Å². The molecule has 1 amide bonds. The highest BCUT2D eigenvalue weighted by atomic mass is 35.5. The lowest BCUT2D eigenvalue weighted by atomic mass is 9.88. The summed E-state index contributed by atoms with van der Waals surface area (Å²) in [5.41, 5.74) is 2.92. The van der Waals surface area contributed by atoms with Gasteiger partial charge in [-0.1, -0.05) is 41.9 Å². The summed E-state index contributed by atoms with van der Waals surface area (Å²) in [6, 6.07) is 14.9. The molecule has 9 rings (SSSR count). The number of carbonyl (C=O) groups excluding carboxylic acids is 1.